The Morgan fingerprint density at radius 1 is 1.23 bits per heavy atom. The highest BCUT2D eigenvalue weighted by atomic mass is 32.2. The molecular weight excluding hydrogens is 540 g/mol. The van der Waals surface area contributed by atoms with Gasteiger partial charge in [0, 0.05) is 62.2 Å². The third-order valence-corrected chi connectivity index (χ3v) is 9.00. The molecule has 11 nitrogen and oxygen atoms in total. The highest BCUT2D eigenvalue weighted by Gasteiger charge is 2.57. The highest BCUT2D eigenvalue weighted by molar-refractivity contribution is 8.04. The van der Waals surface area contributed by atoms with Crippen LogP contribution in [0.15, 0.2) is 53.3 Å². The van der Waals surface area contributed by atoms with Crippen molar-refractivity contribution in [3.05, 3.63) is 69.0 Å². The summed E-state index contributed by atoms with van der Waals surface area (Å²) in [4.78, 5) is 39.4. The molecule has 206 valence electrons. The third-order valence-electron chi connectivity index (χ3n) is 7.26. The van der Waals surface area contributed by atoms with Crippen molar-refractivity contribution in [2.75, 3.05) is 37.6 Å². The summed E-state index contributed by atoms with van der Waals surface area (Å²) in [5, 5.41) is 21.4. The maximum atomic E-state index is 13.1. The van der Waals surface area contributed by atoms with Crippen LogP contribution in [0.3, 0.4) is 0 Å². The van der Waals surface area contributed by atoms with E-state index in [4.69, 9.17) is 17.0 Å². The summed E-state index contributed by atoms with van der Waals surface area (Å²) in [6.45, 7) is 6.21. The fraction of sp³-hybridized carbons (Fsp3) is 0.462. The molecule has 4 heterocycles. The number of hydrogen-bond acceptors (Lipinski definition) is 11. The molecule has 1 N–H and O–H groups in total. The number of benzene rings is 1. The molecule has 5 rings (SSSR count). The number of β-lactam (4-membered cyclic amide) rings is 1. The lowest BCUT2D eigenvalue weighted by Crippen LogP contribution is -2.61. The highest BCUT2D eigenvalue weighted by Crippen LogP contribution is 2.52. The number of amides is 1. The first-order chi connectivity index (χ1) is 18.9. The van der Waals surface area contributed by atoms with Gasteiger partial charge >= 0.3 is 0 Å². The summed E-state index contributed by atoms with van der Waals surface area (Å²) in [6, 6.07) is 7.92. The molecule has 3 aliphatic rings. The molecule has 0 radical (unpaired) electrons. The second-order valence-electron chi connectivity index (χ2n) is 9.62. The minimum atomic E-state index is -0.699. The number of carbonyl (C=O) groups is 1. The van der Waals surface area contributed by atoms with Crippen molar-refractivity contribution in [2.24, 2.45) is 5.92 Å². The van der Waals surface area contributed by atoms with Gasteiger partial charge < -0.3 is 14.7 Å². The molecule has 0 unspecified atom stereocenters. The van der Waals surface area contributed by atoms with E-state index in [-0.39, 0.29) is 28.6 Å². The number of nitro benzene ring substituents is 1. The van der Waals surface area contributed by atoms with E-state index in [0.717, 1.165) is 49.1 Å². The molecule has 0 saturated carbocycles. The molecule has 0 bridgehead atoms. The average Bonchev–Trinajstić information content (AvgIpc) is 3.30. The number of fused-ring (bicyclic) bond motifs is 1. The summed E-state index contributed by atoms with van der Waals surface area (Å²) in [5.41, 5.74) is 1.36. The van der Waals surface area contributed by atoms with E-state index in [9.17, 15) is 20.0 Å². The van der Waals surface area contributed by atoms with Gasteiger partial charge in [0.2, 0.25) is 16.9 Å². The molecule has 0 aliphatic carbocycles. The van der Waals surface area contributed by atoms with Gasteiger partial charge in [0.25, 0.3) is 5.69 Å². The monoisotopic (exact) mass is 570 g/mol. The summed E-state index contributed by atoms with van der Waals surface area (Å²) < 4.78 is 5.92. The van der Waals surface area contributed by atoms with Crippen LogP contribution < -0.4 is 4.90 Å². The Balaban J connectivity index is 1.24. The second-order valence-corrected chi connectivity index (χ2v) is 11.2. The SMILES string of the molecule is CC[C@H](O)[C@@H]1C(=O)N2C(C(=S)OCc3ccc([N+](=O)[O-])cc3)=C(CCN3CCN(c4ncccn4)CC3)S[C@H]12. The zero-order valence-electron chi connectivity index (χ0n) is 21.5. The third kappa shape index (κ3) is 5.76. The summed E-state index contributed by atoms with van der Waals surface area (Å²) in [5.74, 6) is 0.149. The maximum Gasteiger partial charge on any atom is 0.269 e. The fourth-order valence-electron chi connectivity index (χ4n) is 5.00. The topological polar surface area (TPSA) is 125 Å². The lowest BCUT2D eigenvalue weighted by Gasteiger charge is -2.44. The normalized spacial score (nSPS) is 21.9. The Hall–Kier alpha value is -3.13. The van der Waals surface area contributed by atoms with Crippen molar-refractivity contribution >= 4 is 46.6 Å². The number of nitrogens with zero attached hydrogens (tertiary/aromatic N) is 6. The van der Waals surface area contributed by atoms with Gasteiger partial charge in [-0.3, -0.25) is 24.7 Å². The van der Waals surface area contributed by atoms with Crippen molar-refractivity contribution < 1.29 is 19.6 Å². The molecule has 13 heteroatoms. The molecular formula is C26H30N6O5S2. The Kier molecular flexibility index (Phi) is 8.40. The fourth-order valence-corrected chi connectivity index (χ4v) is 6.91. The standard InChI is InChI=1S/C26H30N6O5S2/c1-2-19(33)21-23(34)31-22(25(38)37-16-17-4-6-18(7-5-17)32(35)36)20(39-24(21)31)8-11-29-12-14-30(15-13-29)26-27-9-3-10-28-26/h3-7,9-10,19,21,24,33H,2,8,11-16H2,1H3/t19-,21+,24+/m0/s1. The number of carbonyl (C=O) groups excluding carboxylic acids is 1. The van der Waals surface area contributed by atoms with Crippen LogP contribution in [0.2, 0.25) is 0 Å². The molecule has 2 fully saturated rings. The summed E-state index contributed by atoms with van der Waals surface area (Å²) >= 11 is 7.25. The largest absolute Gasteiger partial charge is 0.477 e. The number of aliphatic hydroxyl groups is 1. The van der Waals surface area contributed by atoms with E-state index in [2.05, 4.69) is 19.8 Å². The van der Waals surface area contributed by atoms with Crippen molar-refractivity contribution in [3.63, 3.8) is 0 Å². The van der Waals surface area contributed by atoms with E-state index in [1.807, 2.05) is 13.0 Å². The summed E-state index contributed by atoms with van der Waals surface area (Å²) in [6.07, 6.45) is 4.01. The molecule has 3 atom stereocenters. The van der Waals surface area contributed by atoms with Gasteiger partial charge in [0.05, 0.1) is 16.9 Å². The minimum absolute atomic E-state index is 0.00480. The number of piperazine rings is 1. The van der Waals surface area contributed by atoms with E-state index in [0.29, 0.717) is 18.5 Å². The predicted octanol–water partition coefficient (Wildman–Crippen LogP) is 2.95. The quantitative estimate of drug-likeness (QED) is 0.196. The van der Waals surface area contributed by atoms with Gasteiger partial charge in [-0.15, -0.1) is 11.8 Å². The molecule has 39 heavy (non-hydrogen) atoms. The number of non-ortho nitro benzene ring substituents is 1. The molecule has 2 aromatic rings. The molecule has 1 aromatic heterocycles. The first-order valence-corrected chi connectivity index (χ1v) is 14.2. The Bertz CT molecular complexity index is 1250. The van der Waals surface area contributed by atoms with Crippen molar-refractivity contribution in [1.82, 2.24) is 19.8 Å². The van der Waals surface area contributed by atoms with Crippen molar-refractivity contribution in [1.29, 1.82) is 0 Å². The number of aliphatic hydroxyl groups excluding tert-OH is 1. The molecule has 0 spiro atoms. The van der Waals surface area contributed by atoms with Crippen LogP contribution in [0.4, 0.5) is 11.6 Å². The number of anilines is 1. The number of thiocarbonyl (C=S) groups is 1. The van der Waals surface area contributed by atoms with Gasteiger partial charge in [-0.1, -0.05) is 6.92 Å². The van der Waals surface area contributed by atoms with Crippen LogP contribution in [0.5, 0.6) is 0 Å². The zero-order valence-corrected chi connectivity index (χ0v) is 23.1. The maximum absolute atomic E-state index is 13.1. The molecule has 1 aromatic carbocycles. The van der Waals surface area contributed by atoms with E-state index in [1.165, 1.54) is 12.1 Å². The molecule has 1 amide bonds. The lowest BCUT2D eigenvalue weighted by molar-refractivity contribution is -0.384. The Labute approximate surface area is 236 Å². The van der Waals surface area contributed by atoms with Crippen LogP contribution in [0.25, 0.3) is 0 Å². The van der Waals surface area contributed by atoms with Gasteiger partial charge in [0.15, 0.2) is 0 Å². The Morgan fingerprint density at radius 3 is 2.56 bits per heavy atom. The molecule has 2 saturated heterocycles. The first kappa shape index (κ1) is 27.4. The van der Waals surface area contributed by atoms with Crippen molar-refractivity contribution in [2.45, 2.75) is 37.9 Å². The van der Waals surface area contributed by atoms with Gasteiger partial charge in [-0.2, -0.15) is 0 Å². The van der Waals surface area contributed by atoms with Crippen LogP contribution in [0.1, 0.15) is 25.3 Å². The lowest BCUT2D eigenvalue weighted by atomic mass is 9.90. The predicted molar refractivity (Wildman–Crippen MR) is 151 cm³/mol. The number of nitro groups is 1. The average molecular weight is 571 g/mol. The van der Waals surface area contributed by atoms with E-state index in [1.54, 1.807) is 41.2 Å². The van der Waals surface area contributed by atoms with Crippen LogP contribution in [-0.4, -0.2) is 85.0 Å². The second kappa shape index (κ2) is 11.9. The van der Waals surface area contributed by atoms with E-state index < -0.39 is 16.9 Å². The summed E-state index contributed by atoms with van der Waals surface area (Å²) in [7, 11) is 0. The number of ether oxygens (including phenoxy) is 1. The number of aromatic nitrogens is 2. The van der Waals surface area contributed by atoms with Crippen LogP contribution in [-0.2, 0) is 16.1 Å². The van der Waals surface area contributed by atoms with Crippen LogP contribution >= 0.6 is 24.0 Å². The minimum Gasteiger partial charge on any atom is -0.477 e. The van der Waals surface area contributed by atoms with Gasteiger partial charge in [-0.25, -0.2) is 9.97 Å². The first-order valence-electron chi connectivity index (χ1n) is 12.9. The van der Waals surface area contributed by atoms with E-state index >= 15 is 0 Å². The van der Waals surface area contributed by atoms with Crippen molar-refractivity contribution in [3.8, 4) is 0 Å². The van der Waals surface area contributed by atoms with Crippen LogP contribution in [0, 0.1) is 16.0 Å². The smallest absolute Gasteiger partial charge is 0.269 e. The number of thioether (sulfide) groups is 1. The number of hydrogen-bond donors (Lipinski definition) is 1. The zero-order chi connectivity index (χ0) is 27.5. The molecule has 3 aliphatic heterocycles. The number of rotatable bonds is 10. The Morgan fingerprint density at radius 2 is 1.92 bits per heavy atom. The van der Waals surface area contributed by atoms with Gasteiger partial charge in [-0.05, 0) is 48.8 Å². The van der Waals surface area contributed by atoms with Gasteiger partial charge in [0.1, 0.15) is 17.7 Å².